The van der Waals surface area contributed by atoms with Gasteiger partial charge in [0.1, 0.15) is 6.61 Å². The van der Waals surface area contributed by atoms with Gasteiger partial charge in [0, 0.05) is 13.2 Å². The molecule has 0 aliphatic heterocycles. The highest BCUT2D eigenvalue weighted by Gasteiger charge is 1.94. The Hall–Kier alpha value is -2.37. The maximum absolute atomic E-state index is 10.2. The fourth-order valence-electron chi connectivity index (χ4n) is 2.20. The SMILES string of the molecule is CCOCCNCCCc1ccccc1.NC(=O)OCc1ccccc1. The number of ether oxygens (including phenoxy) is 2. The van der Waals surface area contributed by atoms with Crippen molar-refractivity contribution in [1.82, 2.24) is 5.32 Å². The number of hydrogen-bond donors (Lipinski definition) is 2. The molecule has 0 fully saturated rings. The minimum Gasteiger partial charge on any atom is -0.445 e. The van der Waals surface area contributed by atoms with Gasteiger partial charge in [-0.1, -0.05) is 60.7 Å². The second-order valence-electron chi connectivity index (χ2n) is 5.63. The van der Waals surface area contributed by atoms with Crippen molar-refractivity contribution in [2.24, 2.45) is 5.73 Å². The first kappa shape index (κ1) is 21.7. The molecular formula is C21H30N2O3. The van der Waals surface area contributed by atoms with Crippen LogP contribution >= 0.6 is 0 Å². The standard InChI is InChI=1S/C13H21NO.C8H9NO2/c1-2-15-12-11-14-10-6-9-13-7-4-3-5-8-13;9-8(10)11-6-7-4-2-1-3-5-7/h3-5,7-8,14H,2,6,9-12H2,1H3;1-5H,6H2,(H2,9,10). The summed E-state index contributed by atoms with van der Waals surface area (Å²) in [4.78, 5) is 10.2. The number of hydrogen-bond acceptors (Lipinski definition) is 4. The van der Waals surface area contributed by atoms with Gasteiger partial charge in [-0.15, -0.1) is 0 Å². The predicted octanol–water partition coefficient (Wildman–Crippen LogP) is 3.53. The number of carbonyl (C=O) groups excluding carboxylic acids is 1. The molecular weight excluding hydrogens is 328 g/mol. The third kappa shape index (κ3) is 12.1. The lowest BCUT2D eigenvalue weighted by molar-refractivity contribution is 0.149. The van der Waals surface area contributed by atoms with Crippen LogP contribution in [0.3, 0.4) is 0 Å². The van der Waals surface area contributed by atoms with Gasteiger partial charge in [-0.3, -0.25) is 0 Å². The molecule has 0 unspecified atom stereocenters. The molecule has 0 bridgehead atoms. The van der Waals surface area contributed by atoms with E-state index in [0.717, 1.165) is 38.3 Å². The number of carbonyl (C=O) groups is 1. The van der Waals surface area contributed by atoms with Crippen LogP contribution in [-0.4, -0.2) is 32.4 Å². The molecule has 0 spiro atoms. The summed E-state index contributed by atoms with van der Waals surface area (Å²) in [7, 11) is 0. The van der Waals surface area contributed by atoms with E-state index in [2.05, 4.69) is 40.4 Å². The van der Waals surface area contributed by atoms with E-state index in [1.807, 2.05) is 37.3 Å². The number of benzene rings is 2. The van der Waals surface area contributed by atoms with Crippen molar-refractivity contribution in [2.75, 3.05) is 26.3 Å². The summed E-state index contributed by atoms with van der Waals surface area (Å²) in [5.74, 6) is 0. The number of nitrogens with one attached hydrogen (secondary N) is 1. The monoisotopic (exact) mass is 358 g/mol. The van der Waals surface area contributed by atoms with Crippen molar-refractivity contribution >= 4 is 6.09 Å². The molecule has 2 rings (SSSR count). The average molecular weight is 358 g/mol. The minimum atomic E-state index is -0.742. The zero-order chi connectivity index (χ0) is 18.9. The Labute approximate surface area is 156 Å². The summed E-state index contributed by atoms with van der Waals surface area (Å²) in [6, 6.07) is 20.0. The van der Waals surface area contributed by atoms with E-state index < -0.39 is 6.09 Å². The molecule has 1 amide bonds. The Morgan fingerprint density at radius 1 is 0.962 bits per heavy atom. The number of primary amides is 1. The quantitative estimate of drug-likeness (QED) is 0.637. The van der Waals surface area contributed by atoms with Crippen LogP contribution in [0.15, 0.2) is 60.7 Å². The molecule has 0 radical (unpaired) electrons. The second-order valence-corrected chi connectivity index (χ2v) is 5.63. The lowest BCUT2D eigenvalue weighted by atomic mass is 10.1. The van der Waals surface area contributed by atoms with E-state index in [4.69, 9.17) is 10.5 Å². The first-order chi connectivity index (χ1) is 12.7. The maximum atomic E-state index is 10.2. The van der Waals surface area contributed by atoms with Crippen LogP contribution in [-0.2, 0) is 22.5 Å². The van der Waals surface area contributed by atoms with Crippen LogP contribution < -0.4 is 11.1 Å². The Morgan fingerprint density at radius 2 is 1.58 bits per heavy atom. The zero-order valence-corrected chi connectivity index (χ0v) is 15.5. The van der Waals surface area contributed by atoms with Crippen molar-refractivity contribution in [3.63, 3.8) is 0 Å². The normalized spacial score (nSPS) is 9.88. The van der Waals surface area contributed by atoms with Crippen LogP contribution in [0.25, 0.3) is 0 Å². The highest BCUT2D eigenvalue weighted by molar-refractivity contribution is 5.64. The van der Waals surface area contributed by atoms with E-state index in [-0.39, 0.29) is 6.61 Å². The Morgan fingerprint density at radius 3 is 2.15 bits per heavy atom. The van der Waals surface area contributed by atoms with Crippen LogP contribution in [0.5, 0.6) is 0 Å². The van der Waals surface area contributed by atoms with Crippen molar-refractivity contribution in [2.45, 2.75) is 26.4 Å². The maximum Gasteiger partial charge on any atom is 0.404 e. The molecule has 142 valence electrons. The first-order valence-electron chi connectivity index (χ1n) is 9.01. The largest absolute Gasteiger partial charge is 0.445 e. The third-order valence-electron chi connectivity index (χ3n) is 3.51. The lowest BCUT2D eigenvalue weighted by Crippen LogP contribution is -2.21. The minimum absolute atomic E-state index is 0.246. The van der Waals surface area contributed by atoms with E-state index >= 15 is 0 Å². The highest BCUT2D eigenvalue weighted by Crippen LogP contribution is 2.01. The van der Waals surface area contributed by atoms with E-state index in [1.165, 1.54) is 12.0 Å². The van der Waals surface area contributed by atoms with Gasteiger partial charge in [0.05, 0.1) is 6.61 Å². The number of rotatable bonds is 10. The van der Waals surface area contributed by atoms with Gasteiger partial charge in [-0.25, -0.2) is 4.79 Å². The highest BCUT2D eigenvalue weighted by atomic mass is 16.5. The summed E-state index contributed by atoms with van der Waals surface area (Å²) in [6.07, 6.45) is 1.60. The van der Waals surface area contributed by atoms with Gasteiger partial charge in [0.15, 0.2) is 0 Å². The van der Waals surface area contributed by atoms with Gasteiger partial charge in [0.25, 0.3) is 0 Å². The predicted molar refractivity (Wildman–Crippen MR) is 105 cm³/mol. The summed E-state index contributed by atoms with van der Waals surface area (Å²) >= 11 is 0. The molecule has 0 atom stereocenters. The van der Waals surface area contributed by atoms with Gasteiger partial charge < -0.3 is 20.5 Å². The van der Waals surface area contributed by atoms with Gasteiger partial charge >= 0.3 is 6.09 Å². The molecule has 0 saturated heterocycles. The van der Waals surface area contributed by atoms with E-state index in [1.54, 1.807) is 0 Å². The lowest BCUT2D eigenvalue weighted by Gasteiger charge is -2.04. The summed E-state index contributed by atoms with van der Waals surface area (Å²) < 4.78 is 9.80. The van der Waals surface area contributed by atoms with Gasteiger partial charge in [-0.05, 0) is 37.4 Å². The number of aryl methyl sites for hydroxylation is 1. The third-order valence-corrected chi connectivity index (χ3v) is 3.51. The molecule has 2 aromatic rings. The molecule has 2 aromatic carbocycles. The smallest absolute Gasteiger partial charge is 0.404 e. The van der Waals surface area contributed by atoms with Gasteiger partial charge in [0.2, 0.25) is 0 Å². The Kier molecular flexibility index (Phi) is 12.4. The van der Waals surface area contributed by atoms with Crippen LogP contribution in [0.2, 0.25) is 0 Å². The van der Waals surface area contributed by atoms with Crippen LogP contribution in [0.4, 0.5) is 4.79 Å². The molecule has 0 aromatic heterocycles. The molecule has 0 aliphatic rings. The average Bonchev–Trinajstić information content (AvgIpc) is 2.68. The van der Waals surface area contributed by atoms with Crippen molar-refractivity contribution < 1.29 is 14.3 Å². The van der Waals surface area contributed by atoms with Crippen molar-refractivity contribution in [3.05, 3.63) is 71.8 Å². The summed E-state index contributed by atoms with van der Waals surface area (Å²) in [5.41, 5.74) is 7.14. The Bertz CT molecular complexity index is 576. The number of nitrogens with two attached hydrogens (primary N) is 1. The summed E-state index contributed by atoms with van der Waals surface area (Å²) in [6.45, 7) is 5.93. The van der Waals surface area contributed by atoms with E-state index in [0.29, 0.717) is 0 Å². The molecule has 3 N–H and O–H groups in total. The fourth-order valence-corrected chi connectivity index (χ4v) is 2.20. The molecule has 26 heavy (non-hydrogen) atoms. The summed E-state index contributed by atoms with van der Waals surface area (Å²) in [5, 5.41) is 3.37. The Balaban J connectivity index is 0.000000273. The molecule has 0 aliphatic carbocycles. The molecule has 5 heteroatoms. The fraction of sp³-hybridized carbons (Fsp3) is 0.381. The topological polar surface area (TPSA) is 73.6 Å². The van der Waals surface area contributed by atoms with Gasteiger partial charge in [-0.2, -0.15) is 0 Å². The number of amides is 1. The van der Waals surface area contributed by atoms with Crippen LogP contribution in [0, 0.1) is 0 Å². The molecule has 0 heterocycles. The first-order valence-corrected chi connectivity index (χ1v) is 9.01. The van der Waals surface area contributed by atoms with E-state index in [9.17, 15) is 4.79 Å². The van der Waals surface area contributed by atoms with Crippen molar-refractivity contribution in [1.29, 1.82) is 0 Å². The zero-order valence-electron chi connectivity index (χ0n) is 15.5. The molecule has 5 nitrogen and oxygen atoms in total. The van der Waals surface area contributed by atoms with Crippen LogP contribution in [0.1, 0.15) is 24.5 Å². The second kappa shape index (κ2) is 14.9. The molecule has 0 saturated carbocycles. The van der Waals surface area contributed by atoms with Crippen molar-refractivity contribution in [3.8, 4) is 0 Å².